The molecule has 2 N–H and O–H groups in total. The average molecular weight is 270 g/mol. The minimum atomic E-state index is 0.522. The van der Waals surface area contributed by atoms with Crippen LogP contribution >= 0.6 is 11.3 Å². The highest BCUT2D eigenvalue weighted by atomic mass is 32.1. The number of ether oxygens (including phenoxy) is 2. The van der Waals surface area contributed by atoms with Crippen molar-refractivity contribution in [2.24, 2.45) is 11.7 Å². The van der Waals surface area contributed by atoms with Crippen LogP contribution in [0, 0.1) is 5.92 Å². The lowest BCUT2D eigenvalue weighted by atomic mass is 10.2. The van der Waals surface area contributed by atoms with Gasteiger partial charge in [0.25, 0.3) is 0 Å². The molecule has 1 aromatic heterocycles. The van der Waals surface area contributed by atoms with Gasteiger partial charge in [0.05, 0.1) is 24.7 Å². The van der Waals surface area contributed by atoms with Gasteiger partial charge in [0.15, 0.2) is 0 Å². The van der Waals surface area contributed by atoms with E-state index in [1.165, 1.54) is 0 Å². The van der Waals surface area contributed by atoms with Crippen LogP contribution in [0.1, 0.15) is 11.8 Å². The summed E-state index contributed by atoms with van der Waals surface area (Å²) in [5, 5.41) is 2.03. The third-order valence-corrected chi connectivity index (χ3v) is 4.01. The summed E-state index contributed by atoms with van der Waals surface area (Å²) in [6.07, 6.45) is 0. The summed E-state index contributed by atoms with van der Waals surface area (Å²) in [5.41, 5.74) is 5.66. The monoisotopic (exact) mass is 270 g/mol. The number of morpholine rings is 1. The van der Waals surface area contributed by atoms with Crippen molar-refractivity contribution in [1.82, 2.24) is 4.90 Å². The van der Waals surface area contributed by atoms with Crippen molar-refractivity contribution in [2.45, 2.75) is 13.5 Å². The standard InChI is InChI=1S/C13H22N2O2S/c1-11(9-15-3-5-16-6-4-15)10-17-12-2-7-18-13(12)8-14/h2,7,11H,3-6,8-10,14H2,1H3. The topological polar surface area (TPSA) is 47.7 Å². The molecule has 2 heterocycles. The first-order valence-electron chi connectivity index (χ1n) is 6.49. The first-order valence-corrected chi connectivity index (χ1v) is 7.37. The number of hydrogen-bond donors (Lipinski definition) is 1. The zero-order valence-electron chi connectivity index (χ0n) is 10.9. The molecule has 1 atom stereocenters. The first-order chi connectivity index (χ1) is 8.79. The maximum Gasteiger partial charge on any atom is 0.134 e. The van der Waals surface area contributed by atoms with Crippen molar-refractivity contribution < 1.29 is 9.47 Å². The van der Waals surface area contributed by atoms with Crippen LogP contribution in [0.3, 0.4) is 0 Å². The molecule has 0 amide bonds. The molecule has 1 aliphatic rings. The van der Waals surface area contributed by atoms with E-state index in [-0.39, 0.29) is 0 Å². The largest absolute Gasteiger partial charge is 0.492 e. The molecule has 0 bridgehead atoms. The Morgan fingerprint density at radius 3 is 3.00 bits per heavy atom. The molecular weight excluding hydrogens is 248 g/mol. The van der Waals surface area contributed by atoms with Gasteiger partial charge in [-0.2, -0.15) is 0 Å². The van der Waals surface area contributed by atoms with E-state index >= 15 is 0 Å². The Labute approximate surface area is 113 Å². The Morgan fingerprint density at radius 2 is 2.28 bits per heavy atom. The lowest BCUT2D eigenvalue weighted by Gasteiger charge is -2.29. The van der Waals surface area contributed by atoms with Gasteiger partial charge in [-0.15, -0.1) is 11.3 Å². The van der Waals surface area contributed by atoms with Gasteiger partial charge in [0.2, 0.25) is 0 Å². The fraction of sp³-hybridized carbons (Fsp3) is 0.692. The van der Waals surface area contributed by atoms with Crippen molar-refractivity contribution in [3.8, 4) is 5.75 Å². The molecule has 1 fully saturated rings. The average Bonchev–Trinajstić information content (AvgIpc) is 2.85. The second kappa shape index (κ2) is 7.09. The Hall–Kier alpha value is -0.620. The molecule has 1 saturated heterocycles. The van der Waals surface area contributed by atoms with Gasteiger partial charge in [-0.05, 0) is 11.4 Å². The number of nitrogens with zero attached hydrogens (tertiary/aromatic N) is 1. The molecule has 0 aromatic carbocycles. The number of rotatable bonds is 6. The van der Waals surface area contributed by atoms with Gasteiger partial charge < -0.3 is 15.2 Å². The van der Waals surface area contributed by atoms with E-state index in [1.807, 2.05) is 11.4 Å². The molecule has 4 nitrogen and oxygen atoms in total. The maximum atomic E-state index is 5.84. The third kappa shape index (κ3) is 3.95. The molecule has 1 aromatic rings. The lowest BCUT2D eigenvalue weighted by molar-refractivity contribution is 0.0283. The molecule has 102 valence electrons. The van der Waals surface area contributed by atoms with Gasteiger partial charge >= 0.3 is 0 Å². The number of thiophene rings is 1. The fourth-order valence-corrected chi connectivity index (χ4v) is 2.81. The number of hydrogen-bond acceptors (Lipinski definition) is 5. The maximum absolute atomic E-state index is 5.84. The van der Waals surface area contributed by atoms with Crippen LogP contribution in [0.5, 0.6) is 5.75 Å². The highest BCUT2D eigenvalue weighted by molar-refractivity contribution is 7.10. The Bertz CT molecular complexity index is 351. The second-order valence-electron chi connectivity index (χ2n) is 4.74. The van der Waals surface area contributed by atoms with Crippen LogP contribution in [-0.2, 0) is 11.3 Å². The zero-order valence-corrected chi connectivity index (χ0v) is 11.7. The van der Waals surface area contributed by atoms with Crippen LogP contribution in [0.4, 0.5) is 0 Å². The van der Waals surface area contributed by atoms with Crippen LogP contribution < -0.4 is 10.5 Å². The predicted molar refractivity (Wildman–Crippen MR) is 74.1 cm³/mol. The molecule has 0 saturated carbocycles. The molecule has 1 unspecified atom stereocenters. The molecular formula is C13H22N2O2S. The van der Waals surface area contributed by atoms with E-state index < -0.39 is 0 Å². The van der Waals surface area contributed by atoms with Gasteiger partial charge in [-0.1, -0.05) is 6.92 Å². The van der Waals surface area contributed by atoms with Crippen LogP contribution in [0.15, 0.2) is 11.4 Å². The van der Waals surface area contributed by atoms with Crippen LogP contribution in [-0.4, -0.2) is 44.4 Å². The van der Waals surface area contributed by atoms with Crippen molar-refractivity contribution >= 4 is 11.3 Å². The molecule has 18 heavy (non-hydrogen) atoms. The summed E-state index contributed by atoms with van der Waals surface area (Å²) < 4.78 is 11.2. The molecule has 0 radical (unpaired) electrons. The van der Waals surface area contributed by atoms with Gasteiger partial charge in [0, 0.05) is 32.1 Å². The van der Waals surface area contributed by atoms with Crippen molar-refractivity contribution in [3.05, 3.63) is 16.3 Å². The van der Waals surface area contributed by atoms with Gasteiger partial charge in [-0.25, -0.2) is 0 Å². The van der Waals surface area contributed by atoms with Gasteiger partial charge in [0.1, 0.15) is 5.75 Å². The summed E-state index contributed by atoms with van der Waals surface area (Å²) >= 11 is 1.66. The fourth-order valence-electron chi connectivity index (χ4n) is 2.12. The third-order valence-electron chi connectivity index (χ3n) is 3.09. The van der Waals surface area contributed by atoms with E-state index in [4.69, 9.17) is 15.2 Å². The lowest BCUT2D eigenvalue weighted by Crippen LogP contribution is -2.39. The predicted octanol–water partition coefficient (Wildman–Crippen LogP) is 1.55. The first kappa shape index (κ1) is 13.8. The molecule has 2 rings (SSSR count). The van der Waals surface area contributed by atoms with E-state index in [0.717, 1.165) is 50.1 Å². The smallest absolute Gasteiger partial charge is 0.134 e. The Morgan fingerprint density at radius 1 is 1.50 bits per heavy atom. The highest BCUT2D eigenvalue weighted by Crippen LogP contribution is 2.24. The van der Waals surface area contributed by atoms with Gasteiger partial charge in [-0.3, -0.25) is 4.90 Å². The quantitative estimate of drug-likeness (QED) is 0.852. The highest BCUT2D eigenvalue weighted by Gasteiger charge is 2.14. The summed E-state index contributed by atoms with van der Waals surface area (Å²) in [6, 6.07) is 2.01. The molecule has 0 aliphatic carbocycles. The Balaban J connectivity index is 1.72. The van der Waals surface area contributed by atoms with Crippen molar-refractivity contribution in [3.63, 3.8) is 0 Å². The van der Waals surface area contributed by atoms with E-state index in [9.17, 15) is 0 Å². The van der Waals surface area contributed by atoms with E-state index in [0.29, 0.717) is 12.5 Å². The summed E-state index contributed by atoms with van der Waals surface area (Å²) in [6.45, 7) is 8.40. The van der Waals surface area contributed by atoms with E-state index in [1.54, 1.807) is 11.3 Å². The van der Waals surface area contributed by atoms with Crippen LogP contribution in [0.2, 0.25) is 0 Å². The number of nitrogens with two attached hydrogens (primary N) is 1. The molecule has 0 spiro atoms. The molecule has 1 aliphatic heterocycles. The summed E-state index contributed by atoms with van der Waals surface area (Å²) in [5.74, 6) is 1.48. The normalized spacial score (nSPS) is 18.8. The van der Waals surface area contributed by atoms with E-state index in [2.05, 4.69) is 11.8 Å². The summed E-state index contributed by atoms with van der Waals surface area (Å²) in [4.78, 5) is 3.57. The van der Waals surface area contributed by atoms with Crippen LogP contribution in [0.25, 0.3) is 0 Å². The Kier molecular flexibility index (Phi) is 5.44. The van der Waals surface area contributed by atoms with Crippen molar-refractivity contribution in [2.75, 3.05) is 39.5 Å². The second-order valence-corrected chi connectivity index (χ2v) is 5.74. The minimum Gasteiger partial charge on any atom is -0.492 e. The molecule has 5 heteroatoms. The SMILES string of the molecule is CC(COc1ccsc1CN)CN1CCOCC1. The zero-order chi connectivity index (χ0) is 12.8. The summed E-state index contributed by atoms with van der Waals surface area (Å²) in [7, 11) is 0. The van der Waals surface area contributed by atoms with Crippen molar-refractivity contribution in [1.29, 1.82) is 0 Å². The minimum absolute atomic E-state index is 0.522.